The number of nitrogens with one attached hydrogen (secondary N) is 2. The third-order valence-corrected chi connectivity index (χ3v) is 4.94. The molecule has 0 fully saturated rings. The average molecular weight is 459 g/mol. The van der Waals surface area contributed by atoms with E-state index >= 15 is 0 Å². The number of rotatable bonds is 5. The van der Waals surface area contributed by atoms with Crippen molar-refractivity contribution in [2.75, 3.05) is 12.4 Å². The fourth-order valence-electron chi connectivity index (χ4n) is 3.06. The summed E-state index contributed by atoms with van der Waals surface area (Å²) in [6.45, 7) is 3.83. The SMILES string of the molecule is COc1ccc(NC(=O)C(=O)N/N=C\c2cc(C)n(-c3cc(Cl)cc(Cl)c3)c2C)cc1. The monoisotopic (exact) mass is 458 g/mol. The number of hydrogen-bond donors (Lipinski definition) is 2. The van der Waals surface area contributed by atoms with Crippen LogP contribution in [-0.2, 0) is 9.59 Å². The smallest absolute Gasteiger partial charge is 0.329 e. The first-order chi connectivity index (χ1) is 14.8. The number of carbonyl (C=O) groups excluding carboxylic acids is 2. The van der Waals surface area contributed by atoms with Crippen LogP contribution in [0.4, 0.5) is 5.69 Å². The van der Waals surface area contributed by atoms with Gasteiger partial charge in [0.1, 0.15) is 5.75 Å². The van der Waals surface area contributed by atoms with Gasteiger partial charge in [-0.1, -0.05) is 23.2 Å². The van der Waals surface area contributed by atoms with Crippen molar-refractivity contribution >= 4 is 46.9 Å². The van der Waals surface area contributed by atoms with E-state index in [2.05, 4.69) is 15.8 Å². The minimum absolute atomic E-state index is 0.466. The summed E-state index contributed by atoms with van der Waals surface area (Å²) in [5, 5.41) is 7.45. The Bertz CT molecular complexity index is 1130. The summed E-state index contributed by atoms with van der Waals surface area (Å²) in [4.78, 5) is 24.0. The number of aryl methyl sites for hydroxylation is 1. The summed E-state index contributed by atoms with van der Waals surface area (Å²) < 4.78 is 7.02. The number of halogens is 2. The van der Waals surface area contributed by atoms with Crippen molar-refractivity contribution in [1.82, 2.24) is 9.99 Å². The Morgan fingerprint density at radius 2 is 1.65 bits per heavy atom. The molecule has 0 aliphatic carbocycles. The molecule has 0 aliphatic heterocycles. The van der Waals surface area contributed by atoms with E-state index in [1.807, 2.05) is 24.5 Å². The van der Waals surface area contributed by atoms with E-state index in [1.165, 1.54) is 6.21 Å². The van der Waals surface area contributed by atoms with Crippen LogP contribution in [0.3, 0.4) is 0 Å². The molecule has 31 heavy (non-hydrogen) atoms. The number of aromatic nitrogens is 1. The number of hydrazone groups is 1. The Labute approximate surface area is 189 Å². The third kappa shape index (κ3) is 5.45. The molecule has 1 aromatic heterocycles. The van der Waals surface area contributed by atoms with Gasteiger partial charge in [0, 0.05) is 38.4 Å². The first-order valence-electron chi connectivity index (χ1n) is 9.22. The molecule has 160 valence electrons. The predicted octanol–water partition coefficient (Wildman–Crippen LogP) is 4.50. The second-order valence-electron chi connectivity index (χ2n) is 6.67. The lowest BCUT2D eigenvalue weighted by Gasteiger charge is -2.10. The topological polar surface area (TPSA) is 84.7 Å². The van der Waals surface area contributed by atoms with Crippen LogP contribution in [0.2, 0.25) is 10.0 Å². The van der Waals surface area contributed by atoms with Gasteiger partial charge in [-0.3, -0.25) is 9.59 Å². The van der Waals surface area contributed by atoms with E-state index in [0.29, 0.717) is 21.5 Å². The van der Waals surface area contributed by atoms with Crippen LogP contribution in [-0.4, -0.2) is 29.7 Å². The molecule has 0 bridgehead atoms. The molecule has 7 nitrogen and oxygen atoms in total. The van der Waals surface area contributed by atoms with Gasteiger partial charge in [0.15, 0.2) is 0 Å². The highest BCUT2D eigenvalue weighted by Gasteiger charge is 2.14. The number of ether oxygens (including phenoxy) is 1. The van der Waals surface area contributed by atoms with Crippen LogP contribution in [0, 0.1) is 13.8 Å². The summed E-state index contributed by atoms with van der Waals surface area (Å²) in [7, 11) is 1.54. The van der Waals surface area contributed by atoms with Crippen molar-refractivity contribution in [1.29, 1.82) is 0 Å². The quantitative estimate of drug-likeness (QED) is 0.335. The predicted molar refractivity (Wildman–Crippen MR) is 123 cm³/mol. The van der Waals surface area contributed by atoms with Gasteiger partial charge in [-0.2, -0.15) is 5.10 Å². The van der Waals surface area contributed by atoms with Crippen LogP contribution in [0.25, 0.3) is 5.69 Å². The van der Waals surface area contributed by atoms with Gasteiger partial charge >= 0.3 is 11.8 Å². The highest BCUT2D eigenvalue weighted by molar-refractivity contribution is 6.39. The highest BCUT2D eigenvalue weighted by atomic mass is 35.5. The van der Waals surface area contributed by atoms with Crippen molar-refractivity contribution in [3.8, 4) is 11.4 Å². The maximum Gasteiger partial charge on any atom is 0.329 e. The Morgan fingerprint density at radius 3 is 2.26 bits per heavy atom. The highest BCUT2D eigenvalue weighted by Crippen LogP contribution is 2.26. The zero-order valence-electron chi connectivity index (χ0n) is 17.1. The zero-order valence-corrected chi connectivity index (χ0v) is 18.6. The van der Waals surface area contributed by atoms with E-state index in [9.17, 15) is 9.59 Å². The average Bonchev–Trinajstić information content (AvgIpc) is 3.00. The first kappa shape index (κ1) is 22.4. The van der Waals surface area contributed by atoms with Crippen molar-refractivity contribution in [2.24, 2.45) is 5.10 Å². The number of carbonyl (C=O) groups is 2. The van der Waals surface area contributed by atoms with Crippen LogP contribution in [0.1, 0.15) is 17.0 Å². The largest absolute Gasteiger partial charge is 0.497 e. The van der Waals surface area contributed by atoms with Gasteiger partial charge in [0.2, 0.25) is 0 Å². The molecule has 0 atom stereocenters. The normalized spacial score (nSPS) is 10.9. The first-order valence-corrected chi connectivity index (χ1v) is 9.98. The molecular formula is C22H20Cl2N4O3. The second kappa shape index (κ2) is 9.68. The Balaban J connectivity index is 1.67. The van der Waals surface area contributed by atoms with E-state index < -0.39 is 11.8 Å². The number of benzene rings is 2. The van der Waals surface area contributed by atoms with Gasteiger partial charge in [-0.05, 0) is 62.4 Å². The molecule has 9 heteroatoms. The molecule has 2 N–H and O–H groups in total. The van der Waals surface area contributed by atoms with E-state index in [0.717, 1.165) is 22.6 Å². The number of amides is 2. The number of anilines is 1. The number of hydrogen-bond acceptors (Lipinski definition) is 4. The van der Waals surface area contributed by atoms with Crippen molar-refractivity contribution in [2.45, 2.75) is 13.8 Å². The number of nitrogens with zero attached hydrogens (tertiary/aromatic N) is 2. The van der Waals surface area contributed by atoms with Crippen molar-refractivity contribution in [3.63, 3.8) is 0 Å². The lowest BCUT2D eigenvalue weighted by molar-refractivity contribution is -0.136. The van der Waals surface area contributed by atoms with Crippen LogP contribution < -0.4 is 15.5 Å². The van der Waals surface area contributed by atoms with Gasteiger partial charge in [-0.25, -0.2) is 5.43 Å². The Morgan fingerprint density at radius 1 is 1.00 bits per heavy atom. The summed E-state index contributed by atoms with van der Waals surface area (Å²) in [6, 6.07) is 13.8. The molecule has 0 spiro atoms. The zero-order chi connectivity index (χ0) is 22.5. The third-order valence-electron chi connectivity index (χ3n) is 4.50. The fourth-order valence-corrected chi connectivity index (χ4v) is 3.57. The van der Waals surface area contributed by atoms with Gasteiger partial charge in [0.05, 0.1) is 13.3 Å². The summed E-state index contributed by atoms with van der Waals surface area (Å²) >= 11 is 12.2. The molecule has 0 radical (unpaired) electrons. The lowest BCUT2D eigenvalue weighted by atomic mass is 10.2. The van der Waals surface area contributed by atoms with Gasteiger partial charge < -0.3 is 14.6 Å². The fraction of sp³-hybridized carbons (Fsp3) is 0.136. The molecule has 3 rings (SSSR count). The summed E-state index contributed by atoms with van der Waals surface area (Å²) in [5.74, 6) is -1.08. The maximum absolute atomic E-state index is 12.0. The minimum Gasteiger partial charge on any atom is -0.497 e. The van der Waals surface area contributed by atoms with Crippen LogP contribution in [0.15, 0.2) is 53.6 Å². The summed E-state index contributed by atoms with van der Waals surface area (Å²) in [6.07, 6.45) is 1.48. The molecule has 3 aromatic rings. The van der Waals surface area contributed by atoms with Gasteiger partial charge in [0.25, 0.3) is 0 Å². The van der Waals surface area contributed by atoms with E-state index in [-0.39, 0.29) is 0 Å². The summed E-state index contributed by atoms with van der Waals surface area (Å²) in [5.41, 5.74) is 6.08. The van der Waals surface area contributed by atoms with Crippen LogP contribution >= 0.6 is 23.2 Å². The van der Waals surface area contributed by atoms with Crippen molar-refractivity contribution < 1.29 is 14.3 Å². The molecule has 0 saturated heterocycles. The van der Waals surface area contributed by atoms with E-state index in [4.69, 9.17) is 27.9 Å². The second-order valence-corrected chi connectivity index (χ2v) is 7.54. The minimum atomic E-state index is -0.887. The molecule has 2 amide bonds. The molecule has 1 heterocycles. The molecular weight excluding hydrogens is 439 g/mol. The molecule has 0 unspecified atom stereocenters. The van der Waals surface area contributed by atoms with Crippen LogP contribution in [0.5, 0.6) is 5.75 Å². The molecule has 2 aromatic carbocycles. The maximum atomic E-state index is 12.0. The Kier molecular flexibility index (Phi) is 6.99. The number of methoxy groups -OCH3 is 1. The molecule has 0 saturated carbocycles. The lowest BCUT2D eigenvalue weighted by Crippen LogP contribution is -2.32. The molecule has 0 aliphatic rings. The standard InChI is InChI=1S/C22H20Cl2N4O3/c1-13-8-15(14(2)28(13)19-10-16(23)9-17(24)11-19)12-25-27-22(30)21(29)26-18-4-6-20(31-3)7-5-18/h4-12H,1-3H3,(H,26,29)(H,27,30)/b25-12-. The van der Waals surface area contributed by atoms with E-state index in [1.54, 1.807) is 49.6 Å². The van der Waals surface area contributed by atoms with Gasteiger partial charge in [-0.15, -0.1) is 0 Å². The van der Waals surface area contributed by atoms with Crippen molar-refractivity contribution in [3.05, 3.63) is 75.5 Å². The Hall–Kier alpha value is -3.29.